The van der Waals surface area contributed by atoms with Gasteiger partial charge in [-0.05, 0) is 31.2 Å². The van der Waals surface area contributed by atoms with E-state index in [0.717, 1.165) is 12.2 Å². The van der Waals surface area contributed by atoms with Gasteiger partial charge in [-0.15, -0.1) is 5.10 Å². The smallest absolute Gasteiger partial charge is 0.340 e. The molecule has 1 aromatic heterocycles. The van der Waals surface area contributed by atoms with Gasteiger partial charge < -0.3 is 10.1 Å². The maximum Gasteiger partial charge on any atom is 0.340 e. The Morgan fingerprint density at radius 2 is 2.06 bits per heavy atom. The molecule has 96 valence electrons. The Balaban J connectivity index is 2.07. The number of benzene rings is 1. The zero-order valence-corrected chi connectivity index (χ0v) is 10.9. The van der Waals surface area contributed by atoms with Gasteiger partial charge in [-0.1, -0.05) is 19.1 Å². The second-order valence-corrected chi connectivity index (χ2v) is 4.12. The van der Waals surface area contributed by atoms with Gasteiger partial charge in [-0.2, -0.15) is 4.98 Å². The number of hydrogen-bond acceptors (Lipinski definition) is 4. The third kappa shape index (κ3) is 2.87. The summed E-state index contributed by atoms with van der Waals surface area (Å²) in [6.07, 6.45) is 2.66. The normalized spacial score (nSPS) is 12.4. The van der Waals surface area contributed by atoms with Crippen molar-refractivity contribution >= 4 is 0 Å². The van der Waals surface area contributed by atoms with Crippen LogP contribution in [0.1, 0.15) is 24.9 Å². The number of ether oxygens (including phenoxy) is 1. The first kappa shape index (κ1) is 12.6. The minimum Gasteiger partial charge on any atom is -0.423 e. The molecule has 0 aliphatic rings. The summed E-state index contributed by atoms with van der Waals surface area (Å²) in [6, 6.07) is 8.74. The minimum atomic E-state index is 0.367. The van der Waals surface area contributed by atoms with Crippen LogP contribution in [-0.4, -0.2) is 21.8 Å². The first-order chi connectivity index (χ1) is 8.72. The molecule has 1 aromatic carbocycles. The minimum absolute atomic E-state index is 0.367. The maximum atomic E-state index is 5.54. The summed E-state index contributed by atoms with van der Waals surface area (Å²) in [7, 11) is 3.78. The van der Waals surface area contributed by atoms with Gasteiger partial charge in [0, 0.05) is 13.1 Å². The predicted octanol–water partition coefficient (Wildman–Crippen LogP) is 2.28. The predicted molar refractivity (Wildman–Crippen MR) is 69.6 cm³/mol. The SMILES string of the molecule is CCC(NC)c1ccc(Oc2ncn(C)n2)cc1. The summed E-state index contributed by atoms with van der Waals surface area (Å²) in [5.74, 6) is 0.746. The van der Waals surface area contributed by atoms with E-state index in [4.69, 9.17) is 4.74 Å². The number of hydrogen-bond donors (Lipinski definition) is 1. The Labute approximate surface area is 107 Å². The molecule has 1 heterocycles. The van der Waals surface area contributed by atoms with E-state index in [2.05, 4.69) is 34.5 Å². The van der Waals surface area contributed by atoms with E-state index in [0.29, 0.717) is 12.1 Å². The molecule has 1 N–H and O–H groups in total. The van der Waals surface area contributed by atoms with Crippen molar-refractivity contribution < 1.29 is 4.74 Å². The Bertz CT molecular complexity index is 488. The summed E-state index contributed by atoms with van der Waals surface area (Å²) in [5, 5.41) is 7.34. The summed E-state index contributed by atoms with van der Waals surface area (Å²) in [5.41, 5.74) is 1.25. The van der Waals surface area contributed by atoms with Crippen molar-refractivity contribution in [3.8, 4) is 11.8 Å². The maximum absolute atomic E-state index is 5.54. The Morgan fingerprint density at radius 3 is 2.56 bits per heavy atom. The molecule has 1 unspecified atom stereocenters. The highest BCUT2D eigenvalue weighted by Crippen LogP contribution is 2.22. The van der Waals surface area contributed by atoms with E-state index in [-0.39, 0.29) is 0 Å². The largest absolute Gasteiger partial charge is 0.423 e. The lowest BCUT2D eigenvalue weighted by Crippen LogP contribution is -2.14. The van der Waals surface area contributed by atoms with Gasteiger partial charge in [0.1, 0.15) is 12.1 Å². The molecule has 2 aromatic rings. The van der Waals surface area contributed by atoms with E-state index < -0.39 is 0 Å². The molecule has 0 bridgehead atoms. The van der Waals surface area contributed by atoms with Crippen LogP contribution < -0.4 is 10.1 Å². The topological polar surface area (TPSA) is 52.0 Å². The van der Waals surface area contributed by atoms with Crippen LogP contribution in [0.3, 0.4) is 0 Å². The summed E-state index contributed by atoms with van der Waals surface area (Å²) in [4.78, 5) is 4.02. The zero-order chi connectivity index (χ0) is 13.0. The van der Waals surface area contributed by atoms with Crippen LogP contribution in [0.25, 0.3) is 0 Å². The molecule has 0 aliphatic heterocycles. The van der Waals surface area contributed by atoms with Gasteiger partial charge in [-0.25, -0.2) is 0 Å². The van der Waals surface area contributed by atoms with Gasteiger partial charge in [0.2, 0.25) is 0 Å². The fourth-order valence-electron chi connectivity index (χ4n) is 1.85. The lowest BCUT2D eigenvalue weighted by Gasteiger charge is -2.14. The highest BCUT2D eigenvalue weighted by Gasteiger charge is 2.07. The molecule has 1 atom stereocenters. The van der Waals surface area contributed by atoms with Crippen LogP contribution in [0.2, 0.25) is 0 Å². The van der Waals surface area contributed by atoms with Gasteiger partial charge in [0.05, 0.1) is 0 Å². The molecule has 0 spiro atoms. The van der Waals surface area contributed by atoms with Crippen molar-refractivity contribution in [3.05, 3.63) is 36.2 Å². The molecule has 0 saturated heterocycles. The van der Waals surface area contributed by atoms with Crippen molar-refractivity contribution in [2.24, 2.45) is 7.05 Å². The van der Waals surface area contributed by atoms with Gasteiger partial charge in [0.25, 0.3) is 0 Å². The molecule has 2 rings (SSSR count). The summed E-state index contributed by atoms with van der Waals surface area (Å²) < 4.78 is 7.15. The molecule has 0 saturated carbocycles. The Kier molecular flexibility index (Phi) is 3.94. The van der Waals surface area contributed by atoms with E-state index in [1.807, 2.05) is 26.2 Å². The number of nitrogens with one attached hydrogen (secondary N) is 1. The molecule has 5 nitrogen and oxygen atoms in total. The van der Waals surface area contributed by atoms with E-state index in [1.165, 1.54) is 5.56 Å². The van der Waals surface area contributed by atoms with E-state index in [1.54, 1.807) is 11.0 Å². The van der Waals surface area contributed by atoms with Gasteiger partial charge in [-0.3, -0.25) is 4.68 Å². The Morgan fingerprint density at radius 1 is 1.33 bits per heavy atom. The second-order valence-electron chi connectivity index (χ2n) is 4.12. The van der Waals surface area contributed by atoms with E-state index in [9.17, 15) is 0 Å². The van der Waals surface area contributed by atoms with Crippen LogP contribution in [-0.2, 0) is 7.05 Å². The highest BCUT2D eigenvalue weighted by atomic mass is 16.5. The number of aryl methyl sites for hydroxylation is 1. The highest BCUT2D eigenvalue weighted by molar-refractivity contribution is 5.30. The molecular formula is C13H18N4O. The molecule has 18 heavy (non-hydrogen) atoms. The molecule has 0 aliphatic carbocycles. The average molecular weight is 246 g/mol. The second kappa shape index (κ2) is 5.64. The molecular weight excluding hydrogens is 228 g/mol. The number of rotatable bonds is 5. The van der Waals surface area contributed by atoms with Crippen LogP contribution >= 0.6 is 0 Å². The van der Waals surface area contributed by atoms with Gasteiger partial charge in [0.15, 0.2) is 0 Å². The van der Waals surface area contributed by atoms with Crippen molar-refractivity contribution in [3.63, 3.8) is 0 Å². The molecule has 5 heteroatoms. The van der Waals surface area contributed by atoms with Crippen molar-refractivity contribution in [1.29, 1.82) is 0 Å². The van der Waals surface area contributed by atoms with E-state index >= 15 is 0 Å². The van der Waals surface area contributed by atoms with Crippen LogP contribution in [0.15, 0.2) is 30.6 Å². The van der Waals surface area contributed by atoms with Crippen molar-refractivity contribution in [2.75, 3.05) is 7.05 Å². The van der Waals surface area contributed by atoms with Crippen molar-refractivity contribution in [2.45, 2.75) is 19.4 Å². The first-order valence-corrected chi connectivity index (χ1v) is 6.03. The molecule has 0 amide bonds. The quantitative estimate of drug-likeness (QED) is 0.879. The standard InChI is InChI=1S/C13H18N4O/c1-4-12(14-2)10-5-7-11(8-6-10)18-13-15-9-17(3)16-13/h5-9,12,14H,4H2,1-3H3. The summed E-state index contributed by atoms with van der Waals surface area (Å²) >= 11 is 0. The zero-order valence-electron chi connectivity index (χ0n) is 10.9. The lowest BCUT2D eigenvalue weighted by atomic mass is 10.1. The molecule has 0 radical (unpaired) electrons. The number of aromatic nitrogens is 3. The Hall–Kier alpha value is -1.88. The lowest BCUT2D eigenvalue weighted by molar-refractivity contribution is 0.438. The van der Waals surface area contributed by atoms with Crippen LogP contribution in [0.5, 0.6) is 11.8 Å². The van der Waals surface area contributed by atoms with Crippen LogP contribution in [0, 0.1) is 0 Å². The summed E-state index contributed by atoms with van der Waals surface area (Å²) in [6.45, 7) is 2.16. The first-order valence-electron chi connectivity index (χ1n) is 6.03. The van der Waals surface area contributed by atoms with Crippen LogP contribution in [0.4, 0.5) is 0 Å². The fourth-order valence-corrected chi connectivity index (χ4v) is 1.85. The molecule has 0 fully saturated rings. The van der Waals surface area contributed by atoms with Gasteiger partial charge >= 0.3 is 6.01 Å². The average Bonchev–Trinajstić information content (AvgIpc) is 2.78. The monoisotopic (exact) mass is 246 g/mol. The fraction of sp³-hybridized carbons (Fsp3) is 0.385. The third-order valence-electron chi connectivity index (χ3n) is 2.83. The number of nitrogens with zero attached hydrogens (tertiary/aromatic N) is 3. The third-order valence-corrected chi connectivity index (χ3v) is 2.83. The van der Waals surface area contributed by atoms with Crippen molar-refractivity contribution in [1.82, 2.24) is 20.1 Å².